The minimum Gasteiger partial charge on any atom is -0.258 e. The van der Waals surface area contributed by atoms with Gasteiger partial charge in [-0.25, -0.2) is 15.8 Å². The lowest BCUT2D eigenvalue weighted by atomic mass is 10.1. The lowest BCUT2D eigenvalue weighted by Gasteiger charge is -2.11. The van der Waals surface area contributed by atoms with E-state index in [1.54, 1.807) is 24.4 Å². The summed E-state index contributed by atoms with van der Waals surface area (Å²) in [7, 11) is 0. The second kappa shape index (κ2) is 6.74. The Morgan fingerprint density at radius 3 is 2.08 bits per heavy atom. The summed E-state index contributed by atoms with van der Waals surface area (Å²) in [4.78, 5) is 18.9. The first-order chi connectivity index (χ1) is 12.1. The van der Waals surface area contributed by atoms with Crippen LogP contribution in [-0.2, 0) is 0 Å². The molecule has 0 fully saturated rings. The van der Waals surface area contributed by atoms with E-state index in [2.05, 4.69) is 9.97 Å². The summed E-state index contributed by atoms with van der Waals surface area (Å²) in [6.45, 7) is 0. The average molecular weight is 332 g/mol. The zero-order valence-corrected chi connectivity index (χ0v) is 12.9. The number of nitrogens with two attached hydrogens (primary N) is 1. The van der Waals surface area contributed by atoms with Crippen LogP contribution in [0.15, 0.2) is 60.7 Å². The molecule has 25 heavy (non-hydrogen) atoms. The highest BCUT2D eigenvalue weighted by Gasteiger charge is 2.13. The number of nitro groups is 1. The number of rotatable bonds is 4. The third-order valence-electron chi connectivity index (χ3n) is 3.48. The van der Waals surface area contributed by atoms with Crippen molar-refractivity contribution < 1.29 is 4.92 Å². The average Bonchev–Trinajstić information content (AvgIpc) is 2.67. The van der Waals surface area contributed by atoms with E-state index in [0.717, 1.165) is 10.6 Å². The lowest BCUT2D eigenvalue weighted by molar-refractivity contribution is -0.384. The molecule has 0 radical (unpaired) electrons. The number of anilines is 1. The van der Waals surface area contributed by atoms with Crippen molar-refractivity contribution >= 4 is 11.6 Å². The highest BCUT2D eigenvalue weighted by molar-refractivity contribution is 5.70. The van der Waals surface area contributed by atoms with Crippen LogP contribution in [0.2, 0.25) is 0 Å². The number of aromatic nitrogens is 2. The molecule has 0 bridgehead atoms. The Balaban J connectivity index is 2.12. The van der Waals surface area contributed by atoms with Crippen LogP contribution in [0.3, 0.4) is 0 Å². The molecule has 0 amide bonds. The fourth-order valence-electron chi connectivity index (χ4n) is 2.25. The zero-order chi connectivity index (χ0) is 17.8. The molecule has 122 valence electrons. The van der Waals surface area contributed by atoms with Crippen LogP contribution in [0, 0.1) is 21.6 Å². The number of non-ortho nitro benzene ring substituents is 1. The van der Waals surface area contributed by atoms with Gasteiger partial charge >= 0.3 is 0 Å². The molecule has 0 aliphatic carbocycles. The molecule has 3 aromatic rings. The van der Waals surface area contributed by atoms with E-state index in [0.29, 0.717) is 17.0 Å². The molecule has 8 heteroatoms. The summed E-state index contributed by atoms with van der Waals surface area (Å²) in [5.41, 5.74) is 2.56. The number of hydrogen-bond acceptors (Lipinski definition) is 7. The van der Waals surface area contributed by atoms with Gasteiger partial charge < -0.3 is 0 Å². The van der Waals surface area contributed by atoms with Gasteiger partial charge in [-0.05, 0) is 18.2 Å². The van der Waals surface area contributed by atoms with Gasteiger partial charge in [0.05, 0.1) is 16.3 Å². The molecule has 0 saturated heterocycles. The van der Waals surface area contributed by atoms with Gasteiger partial charge in [0.15, 0.2) is 0 Å². The molecule has 0 aliphatic rings. The minimum absolute atomic E-state index is 0.0150. The van der Waals surface area contributed by atoms with E-state index in [4.69, 9.17) is 11.1 Å². The molecule has 2 aromatic carbocycles. The third-order valence-corrected chi connectivity index (χ3v) is 3.48. The molecular formula is C17H12N6O2. The van der Waals surface area contributed by atoms with Crippen LogP contribution in [0.1, 0.15) is 0 Å². The molecule has 1 heterocycles. The highest BCUT2D eigenvalue weighted by Crippen LogP contribution is 2.27. The number of nitriles is 1. The highest BCUT2D eigenvalue weighted by atomic mass is 16.6. The van der Waals surface area contributed by atoms with Crippen molar-refractivity contribution in [2.75, 3.05) is 5.01 Å². The summed E-state index contributed by atoms with van der Waals surface area (Å²) in [6, 6.07) is 17.1. The smallest absolute Gasteiger partial charge is 0.258 e. The summed E-state index contributed by atoms with van der Waals surface area (Å²) in [6.07, 6.45) is 1.76. The van der Waals surface area contributed by atoms with Crippen LogP contribution in [0.4, 0.5) is 11.6 Å². The molecule has 0 aliphatic heterocycles. The van der Waals surface area contributed by atoms with Gasteiger partial charge in [0.1, 0.15) is 0 Å². The van der Waals surface area contributed by atoms with Crippen molar-refractivity contribution in [1.82, 2.24) is 9.97 Å². The van der Waals surface area contributed by atoms with Gasteiger partial charge in [0.25, 0.3) is 11.6 Å². The Labute approximate surface area is 142 Å². The van der Waals surface area contributed by atoms with Gasteiger partial charge in [-0.1, -0.05) is 30.3 Å². The van der Waals surface area contributed by atoms with Gasteiger partial charge in [-0.2, -0.15) is 10.3 Å². The number of benzene rings is 2. The van der Waals surface area contributed by atoms with Gasteiger partial charge in [0.2, 0.25) is 6.19 Å². The number of nitro benzene ring substituents is 1. The maximum absolute atomic E-state index is 10.8. The maximum atomic E-state index is 10.8. The molecular weight excluding hydrogens is 320 g/mol. The minimum atomic E-state index is -0.470. The van der Waals surface area contributed by atoms with Crippen LogP contribution in [0.5, 0.6) is 0 Å². The lowest BCUT2D eigenvalue weighted by Crippen LogP contribution is -2.26. The Hall–Kier alpha value is -3.83. The van der Waals surface area contributed by atoms with E-state index in [9.17, 15) is 10.1 Å². The monoisotopic (exact) mass is 332 g/mol. The summed E-state index contributed by atoms with van der Waals surface area (Å²) < 4.78 is 0. The van der Waals surface area contributed by atoms with Crippen LogP contribution in [-0.4, -0.2) is 14.9 Å². The predicted octanol–water partition coefficient (Wildman–Crippen LogP) is 2.88. The Morgan fingerprint density at radius 1 is 1.00 bits per heavy atom. The van der Waals surface area contributed by atoms with Crippen molar-refractivity contribution in [1.29, 1.82) is 5.26 Å². The van der Waals surface area contributed by atoms with Gasteiger partial charge in [0, 0.05) is 23.3 Å². The first-order valence-corrected chi connectivity index (χ1v) is 7.22. The molecule has 8 nitrogen and oxygen atoms in total. The van der Waals surface area contributed by atoms with E-state index >= 15 is 0 Å². The summed E-state index contributed by atoms with van der Waals surface area (Å²) >= 11 is 0. The number of hydrazine groups is 1. The fourth-order valence-corrected chi connectivity index (χ4v) is 2.25. The Morgan fingerprint density at radius 2 is 1.56 bits per heavy atom. The maximum Gasteiger partial charge on any atom is 0.269 e. The second-order valence-electron chi connectivity index (χ2n) is 5.08. The molecule has 0 unspecified atom stereocenters. The Kier molecular flexibility index (Phi) is 4.32. The molecule has 0 atom stereocenters. The number of hydrogen-bond donors (Lipinski definition) is 1. The standard InChI is InChI=1S/C17H12N6O2/c18-11-22(19)17-20-15(12-4-2-1-3-5-12)10-16(21-17)13-6-8-14(9-7-13)23(24)25/h1-10H,19H2. The van der Waals surface area contributed by atoms with Crippen LogP contribution in [0.25, 0.3) is 22.5 Å². The van der Waals surface area contributed by atoms with Crippen molar-refractivity contribution in [3.8, 4) is 28.7 Å². The third kappa shape index (κ3) is 3.41. The van der Waals surface area contributed by atoms with Crippen molar-refractivity contribution in [3.05, 3.63) is 70.8 Å². The molecule has 0 spiro atoms. The predicted molar refractivity (Wildman–Crippen MR) is 91.8 cm³/mol. The fraction of sp³-hybridized carbons (Fsp3) is 0. The number of nitrogens with zero attached hydrogens (tertiary/aromatic N) is 5. The normalized spacial score (nSPS) is 10.1. The second-order valence-corrected chi connectivity index (χ2v) is 5.08. The molecule has 2 N–H and O–H groups in total. The summed E-state index contributed by atoms with van der Waals surface area (Å²) in [5, 5.41) is 20.6. The largest absolute Gasteiger partial charge is 0.269 e. The first-order valence-electron chi connectivity index (χ1n) is 7.22. The first kappa shape index (κ1) is 16.0. The van der Waals surface area contributed by atoms with Gasteiger partial charge in [-0.15, -0.1) is 0 Å². The van der Waals surface area contributed by atoms with E-state index in [1.807, 2.05) is 30.3 Å². The van der Waals surface area contributed by atoms with Crippen molar-refractivity contribution in [2.45, 2.75) is 0 Å². The SMILES string of the molecule is N#CN(N)c1nc(-c2ccccc2)cc(-c2ccc([N+](=O)[O-])cc2)n1. The zero-order valence-electron chi connectivity index (χ0n) is 12.9. The van der Waals surface area contributed by atoms with Crippen LogP contribution >= 0.6 is 0 Å². The molecule has 0 saturated carbocycles. The quantitative estimate of drug-likeness (QED) is 0.256. The van der Waals surface area contributed by atoms with Crippen molar-refractivity contribution in [2.24, 2.45) is 5.84 Å². The van der Waals surface area contributed by atoms with Crippen LogP contribution < -0.4 is 10.9 Å². The summed E-state index contributed by atoms with van der Waals surface area (Å²) in [5.74, 6) is 5.65. The van der Waals surface area contributed by atoms with E-state index < -0.39 is 4.92 Å². The molecule has 1 aromatic heterocycles. The topological polar surface area (TPSA) is 122 Å². The van der Waals surface area contributed by atoms with E-state index in [1.165, 1.54) is 12.1 Å². The Bertz CT molecular complexity index is 951. The van der Waals surface area contributed by atoms with Gasteiger partial charge in [-0.3, -0.25) is 10.1 Å². The van der Waals surface area contributed by atoms with E-state index in [-0.39, 0.29) is 11.6 Å². The molecule has 3 rings (SSSR count). The van der Waals surface area contributed by atoms with Crippen molar-refractivity contribution in [3.63, 3.8) is 0 Å².